The Balaban J connectivity index is 0. The Morgan fingerprint density at radius 3 is 1.19 bits per heavy atom. The molecule has 4 nitrogen and oxygen atoms in total. The molecular formula is C12H28O4. The number of hydrogen-bond donors (Lipinski definition) is 4. The summed E-state index contributed by atoms with van der Waals surface area (Å²) in [6, 6.07) is 0. The van der Waals surface area contributed by atoms with Crippen molar-refractivity contribution in [2.75, 3.05) is 13.2 Å². The highest BCUT2D eigenvalue weighted by Crippen LogP contribution is 1.98. The van der Waals surface area contributed by atoms with Crippen LogP contribution in [0.1, 0.15) is 52.4 Å². The number of unbranched alkanes of at least 4 members (excludes halogenated alkanes) is 2. The van der Waals surface area contributed by atoms with Crippen LogP contribution < -0.4 is 0 Å². The van der Waals surface area contributed by atoms with Crippen molar-refractivity contribution in [3.8, 4) is 0 Å². The quantitative estimate of drug-likeness (QED) is 0.475. The van der Waals surface area contributed by atoms with E-state index in [1.165, 1.54) is 0 Å². The van der Waals surface area contributed by atoms with Crippen molar-refractivity contribution in [2.45, 2.75) is 64.6 Å². The van der Waals surface area contributed by atoms with E-state index in [4.69, 9.17) is 20.4 Å². The summed E-state index contributed by atoms with van der Waals surface area (Å²) in [5, 5.41) is 34.0. The van der Waals surface area contributed by atoms with E-state index in [0.717, 1.165) is 38.5 Å². The van der Waals surface area contributed by atoms with Crippen LogP contribution in [0.15, 0.2) is 0 Å². The lowest BCUT2D eigenvalue weighted by molar-refractivity contribution is 0.175. The van der Waals surface area contributed by atoms with E-state index in [1.54, 1.807) is 13.8 Å². The van der Waals surface area contributed by atoms with E-state index < -0.39 is 0 Å². The smallest absolute Gasteiger partial charge is 0.0512 e. The summed E-state index contributed by atoms with van der Waals surface area (Å²) in [5.74, 6) is 0. The van der Waals surface area contributed by atoms with Gasteiger partial charge in [0.15, 0.2) is 0 Å². The molecule has 2 atom stereocenters. The van der Waals surface area contributed by atoms with E-state index in [0.29, 0.717) is 0 Å². The normalized spacial score (nSPS) is 13.9. The molecule has 0 aliphatic carbocycles. The second-order valence-corrected chi connectivity index (χ2v) is 4.14. The van der Waals surface area contributed by atoms with Crippen LogP contribution in [-0.2, 0) is 0 Å². The van der Waals surface area contributed by atoms with Gasteiger partial charge in [-0.05, 0) is 52.4 Å². The highest BCUT2D eigenvalue weighted by atomic mass is 16.3. The second-order valence-electron chi connectivity index (χ2n) is 4.14. The molecule has 0 aromatic heterocycles. The molecule has 0 heterocycles. The topological polar surface area (TPSA) is 80.9 Å². The molecular weight excluding hydrogens is 208 g/mol. The van der Waals surface area contributed by atoms with Crippen molar-refractivity contribution in [1.29, 1.82) is 0 Å². The minimum absolute atomic E-state index is 0.207. The van der Waals surface area contributed by atoms with Crippen molar-refractivity contribution in [2.24, 2.45) is 0 Å². The molecule has 0 bridgehead atoms. The van der Waals surface area contributed by atoms with Gasteiger partial charge in [-0.3, -0.25) is 0 Å². The third-order valence-corrected chi connectivity index (χ3v) is 2.06. The van der Waals surface area contributed by atoms with Gasteiger partial charge in [0.05, 0.1) is 12.2 Å². The van der Waals surface area contributed by atoms with Gasteiger partial charge in [-0.1, -0.05) is 0 Å². The van der Waals surface area contributed by atoms with Gasteiger partial charge >= 0.3 is 0 Å². The van der Waals surface area contributed by atoms with Crippen molar-refractivity contribution in [3.05, 3.63) is 0 Å². The molecule has 100 valence electrons. The van der Waals surface area contributed by atoms with Crippen molar-refractivity contribution in [1.82, 2.24) is 0 Å². The highest BCUT2D eigenvalue weighted by molar-refractivity contribution is 4.46. The standard InChI is InChI=1S/2C6H14O2/c2*1-6(8)4-2-3-5-7/h2*6-8H,2-5H2,1H3. The summed E-state index contributed by atoms with van der Waals surface area (Å²) in [5.41, 5.74) is 0. The molecule has 0 saturated carbocycles. The van der Waals surface area contributed by atoms with Crippen LogP contribution in [0.25, 0.3) is 0 Å². The predicted octanol–water partition coefficient (Wildman–Crippen LogP) is 1.06. The first-order valence-corrected chi connectivity index (χ1v) is 6.12. The molecule has 0 radical (unpaired) electrons. The molecule has 0 aliphatic rings. The van der Waals surface area contributed by atoms with Crippen molar-refractivity contribution < 1.29 is 20.4 Å². The Kier molecular flexibility index (Phi) is 16.9. The minimum atomic E-state index is -0.207. The maximum absolute atomic E-state index is 8.70. The molecule has 2 unspecified atom stereocenters. The fraction of sp³-hybridized carbons (Fsp3) is 1.00. The van der Waals surface area contributed by atoms with Crippen LogP contribution in [-0.4, -0.2) is 45.8 Å². The number of rotatable bonds is 8. The molecule has 0 aromatic rings. The molecule has 0 saturated heterocycles. The molecule has 0 aromatic carbocycles. The third kappa shape index (κ3) is 23.6. The van der Waals surface area contributed by atoms with Gasteiger partial charge in [0.2, 0.25) is 0 Å². The first-order chi connectivity index (χ1) is 7.54. The Labute approximate surface area is 98.9 Å². The van der Waals surface area contributed by atoms with E-state index in [2.05, 4.69) is 0 Å². The van der Waals surface area contributed by atoms with Gasteiger partial charge in [-0.15, -0.1) is 0 Å². The number of aliphatic hydroxyl groups is 4. The van der Waals surface area contributed by atoms with Gasteiger partial charge in [-0.25, -0.2) is 0 Å². The van der Waals surface area contributed by atoms with E-state index in [-0.39, 0.29) is 25.4 Å². The van der Waals surface area contributed by atoms with Crippen LogP contribution in [0.2, 0.25) is 0 Å². The van der Waals surface area contributed by atoms with Crippen LogP contribution in [0.4, 0.5) is 0 Å². The third-order valence-electron chi connectivity index (χ3n) is 2.06. The lowest BCUT2D eigenvalue weighted by atomic mass is 10.2. The summed E-state index contributed by atoms with van der Waals surface area (Å²) in [4.78, 5) is 0. The van der Waals surface area contributed by atoms with Crippen LogP contribution in [0.3, 0.4) is 0 Å². The summed E-state index contributed by atoms with van der Waals surface area (Å²) in [7, 11) is 0. The van der Waals surface area contributed by atoms with Gasteiger partial charge < -0.3 is 20.4 Å². The molecule has 0 rings (SSSR count). The van der Waals surface area contributed by atoms with Crippen LogP contribution >= 0.6 is 0 Å². The van der Waals surface area contributed by atoms with Crippen molar-refractivity contribution >= 4 is 0 Å². The van der Waals surface area contributed by atoms with Gasteiger partial charge in [-0.2, -0.15) is 0 Å². The zero-order chi connectivity index (χ0) is 12.8. The molecule has 0 fully saturated rings. The number of hydrogen-bond acceptors (Lipinski definition) is 4. The average molecular weight is 236 g/mol. The summed E-state index contributed by atoms with van der Waals surface area (Å²) in [6.45, 7) is 4.01. The Morgan fingerprint density at radius 1 is 0.688 bits per heavy atom. The monoisotopic (exact) mass is 236 g/mol. The first kappa shape index (κ1) is 18.2. The molecule has 0 spiro atoms. The second kappa shape index (κ2) is 14.8. The SMILES string of the molecule is CC(O)CCCCO.CC(O)CCCCO. The highest BCUT2D eigenvalue weighted by Gasteiger charge is 1.93. The lowest BCUT2D eigenvalue weighted by Crippen LogP contribution is -1.98. The van der Waals surface area contributed by atoms with E-state index in [9.17, 15) is 0 Å². The predicted molar refractivity (Wildman–Crippen MR) is 65.2 cm³/mol. The summed E-state index contributed by atoms with van der Waals surface area (Å²) in [6.07, 6.45) is 4.67. The largest absolute Gasteiger partial charge is 0.396 e. The first-order valence-electron chi connectivity index (χ1n) is 6.12. The summed E-state index contributed by atoms with van der Waals surface area (Å²) < 4.78 is 0. The molecule has 4 heteroatoms. The minimum Gasteiger partial charge on any atom is -0.396 e. The Hall–Kier alpha value is -0.160. The molecule has 16 heavy (non-hydrogen) atoms. The average Bonchev–Trinajstić information content (AvgIpc) is 2.18. The fourth-order valence-corrected chi connectivity index (χ4v) is 1.10. The fourth-order valence-electron chi connectivity index (χ4n) is 1.10. The van der Waals surface area contributed by atoms with Crippen molar-refractivity contribution in [3.63, 3.8) is 0 Å². The van der Waals surface area contributed by atoms with Gasteiger partial charge in [0, 0.05) is 13.2 Å². The summed E-state index contributed by atoms with van der Waals surface area (Å²) >= 11 is 0. The van der Waals surface area contributed by atoms with Gasteiger partial charge in [0.1, 0.15) is 0 Å². The molecule has 4 N–H and O–H groups in total. The Morgan fingerprint density at radius 2 is 1.00 bits per heavy atom. The number of aliphatic hydroxyl groups excluding tert-OH is 4. The van der Waals surface area contributed by atoms with Gasteiger partial charge in [0.25, 0.3) is 0 Å². The molecule has 0 aliphatic heterocycles. The Bertz CT molecular complexity index is 102. The maximum Gasteiger partial charge on any atom is 0.0512 e. The van der Waals surface area contributed by atoms with Crippen LogP contribution in [0, 0.1) is 0 Å². The van der Waals surface area contributed by atoms with E-state index in [1.807, 2.05) is 0 Å². The zero-order valence-electron chi connectivity index (χ0n) is 10.6. The maximum atomic E-state index is 8.70. The van der Waals surface area contributed by atoms with E-state index >= 15 is 0 Å². The lowest BCUT2D eigenvalue weighted by Gasteiger charge is -1.99. The van der Waals surface area contributed by atoms with Crippen LogP contribution in [0.5, 0.6) is 0 Å². The zero-order valence-corrected chi connectivity index (χ0v) is 10.6. The molecule has 0 amide bonds.